The molecule has 0 fully saturated rings. The Morgan fingerprint density at radius 3 is 2.34 bits per heavy atom. The number of sulfonamides is 1. The van der Waals surface area contributed by atoms with E-state index in [-0.39, 0.29) is 33.4 Å². The number of benzene rings is 2. The van der Waals surface area contributed by atoms with Crippen LogP contribution in [0.3, 0.4) is 0 Å². The topological polar surface area (TPSA) is 102 Å². The van der Waals surface area contributed by atoms with Crippen LogP contribution in [0, 0.1) is 6.92 Å². The molecule has 2 aliphatic carbocycles. The minimum atomic E-state index is -3.99. The fourth-order valence-corrected chi connectivity index (χ4v) is 4.14. The molecule has 32 heavy (non-hydrogen) atoms. The SMILES string of the molecule is CC1=CC(=NS(=O)(=O)c2ccc(C)cc2)C=C(O/N=C2/C(=O)C=Cc3ccccc32)C1=O. The van der Waals surface area contributed by atoms with Crippen LogP contribution in [0.25, 0.3) is 6.08 Å². The van der Waals surface area contributed by atoms with Crippen LogP contribution in [0.5, 0.6) is 0 Å². The molecule has 8 heteroatoms. The van der Waals surface area contributed by atoms with Crippen molar-refractivity contribution in [2.75, 3.05) is 0 Å². The molecule has 0 heterocycles. The second-order valence-corrected chi connectivity index (χ2v) is 8.89. The van der Waals surface area contributed by atoms with Crippen LogP contribution in [0.15, 0.2) is 92.5 Å². The molecular formula is C24H18N2O5S. The quantitative estimate of drug-likeness (QED) is 0.528. The number of Topliss-reactive ketones (excluding diaryl/α,β-unsaturated/α-hetero) is 1. The maximum Gasteiger partial charge on any atom is 0.282 e. The van der Waals surface area contributed by atoms with E-state index < -0.39 is 15.8 Å². The van der Waals surface area contributed by atoms with Crippen LogP contribution >= 0.6 is 0 Å². The van der Waals surface area contributed by atoms with Gasteiger partial charge in [-0.1, -0.05) is 53.2 Å². The number of carbonyl (C=O) groups is 2. The van der Waals surface area contributed by atoms with Gasteiger partial charge >= 0.3 is 0 Å². The molecule has 0 amide bonds. The van der Waals surface area contributed by atoms with E-state index in [2.05, 4.69) is 9.55 Å². The molecule has 0 N–H and O–H groups in total. The maximum absolute atomic E-state index is 12.6. The number of hydrogen-bond acceptors (Lipinski definition) is 6. The highest BCUT2D eigenvalue weighted by Crippen LogP contribution is 2.21. The van der Waals surface area contributed by atoms with Gasteiger partial charge in [-0.2, -0.15) is 12.8 Å². The summed E-state index contributed by atoms with van der Waals surface area (Å²) in [6, 6.07) is 13.4. The van der Waals surface area contributed by atoms with Gasteiger partial charge in [0.2, 0.25) is 17.3 Å². The van der Waals surface area contributed by atoms with E-state index in [9.17, 15) is 18.0 Å². The average Bonchev–Trinajstić information content (AvgIpc) is 2.76. The molecule has 0 aromatic heterocycles. The first-order valence-electron chi connectivity index (χ1n) is 9.68. The summed E-state index contributed by atoms with van der Waals surface area (Å²) in [5, 5.41) is 3.91. The van der Waals surface area contributed by atoms with E-state index in [0.717, 1.165) is 11.1 Å². The highest BCUT2D eigenvalue weighted by molar-refractivity contribution is 7.90. The summed E-state index contributed by atoms with van der Waals surface area (Å²) in [6.07, 6.45) is 5.60. The van der Waals surface area contributed by atoms with Gasteiger partial charge in [0.15, 0.2) is 5.71 Å². The lowest BCUT2D eigenvalue weighted by Gasteiger charge is -2.13. The third kappa shape index (κ3) is 4.26. The summed E-state index contributed by atoms with van der Waals surface area (Å²) in [7, 11) is -3.99. The van der Waals surface area contributed by atoms with Gasteiger partial charge in [0.05, 0.1) is 10.6 Å². The Bertz CT molecular complexity index is 1390. The predicted octanol–water partition coefficient (Wildman–Crippen LogP) is 3.55. The van der Waals surface area contributed by atoms with Crippen molar-refractivity contribution in [2.45, 2.75) is 18.7 Å². The predicted molar refractivity (Wildman–Crippen MR) is 121 cm³/mol. The van der Waals surface area contributed by atoms with E-state index in [4.69, 9.17) is 4.84 Å². The first-order chi connectivity index (χ1) is 15.2. The zero-order valence-electron chi connectivity index (χ0n) is 17.3. The maximum atomic E-state index is 12.6. The van der Waals surface area contributed by atoms with Crippen molar-refractivity contribution >= 4 is 39.1 Å². The van der Waals surface area contributed by atoms with E-state index in [1.165, 1.54) is 37.3 Å². The Morgan fingerprint density at radius 1 is 0.875 bits per heavy atom. The number of aryl methyl sites for hydroxylation is 1. The third-order valence-electron chi connectivity index (χ3n) is 4.87. The van der Waals surface area contributed by atoms with Crippen molar-refractivity contribution in [3.8, 4) is 0 Å². The zero-order valence-corrected chi connectivity index (χ0v) is 18.1. The van der Waals surface area contributed by atoms with Crippen molar-refractivity contribution < 1.29 is 22.8 Å². The summed E-state index contributed by atoms with van der Waals surface area (Å²) >= 11 is 0. The molecule has 0 bridgehead atoms. The Kier molecular flexibility index (Phi) is 5.54. The van der Waals surface area contributed by atoms with Crippen LogP contribution in [0.2, 0.25) is 0 Å². The highest BCUT2D eigenvalue weighted by Gasteiger charge is 2.24. The number of fused-ring (bicyclic) bond motifs is 1. The summed E-state index contributed by atoms with van der Waals surface area (Å²) < 4.78 is 29.1. The summed E-state index contributed by atoms with van der Waals surface area (Å²) in [6.45, 7) is 3.36. The van der Waals surface area contributed by atoms with Crippen molar-refractivity contribution in [1.29, 1.82) is 0 Å². The van der Waals surface area contributed by atoms with Gasteiger partial charge in [-0.15, -0.1) is 0 Å². The summed E-state index contributed by atoms with van der Waals surface area (Å²) in [4.78, 5) is 30.2. The Morgan fingerprint density at radius 2 is 1.59 bits per heavy atom. The van der Waals surface area contributed by atoms with Gasteiger partial charge in [0.1, 0.15) is 0 Å². The molecule has 2 aromatic rings. The normalized spacial score (nSPS) is 18.4. The Hall–Kier alpha value is -3.91. The van der Waals surface area contributed by atoms with Crippen LogP contribution in [-0.2, 0) is 24.4 Å². The van der Waals surface area contributed by atoms with Crippen molar-refractivity contribution in [3.63, 3.8) is 0 Å². The van der Waals surface area contributed by atoms with E-state index >= 15 is 0 Å². The molecule has 7 nitrogen and oxygen atoms in total. The largest absolute Gasteiger partial charge is 0.352 e. The average molecular weight is 446 g/mol. The van der Waals surface area contributed by atoms with Crippen LogP contribution in [0.1, 0.15) is 23.6 Å². The third-order valence-corrected chi connectivity index (χ3v) is 6.19. The van der Waals surface area contributed by atoms with Gasteiger partial charge in [-0.25, -0.2) is 0 Å². The van der Waals surface area contributed by atoms with Gasteiger partial charge in [-0.05, 0) is 43.7 Å². The molecule has 0 radical (unpaired) electrons. The minimum absolute atomic E-state index is 0.0214. The Balaban J connectivity index is 1.67. The zero-order chi connectivity index (χ0) is 22.9. The molecule has 0 atom stereocenters. The van der Waals surface area contributed by atoms with Crippen molar-refractivity contribution in [3.05, 3.63) is 94.8 Å². The highest BCUT2D eigenvalue weighted by atomic mass is 32.2. The second-order valence-electron chi connectivity index (χ2n) is 7.29. The van der Waals surface area contributed by atoms with Crippen LogP contribution < -0.4 is 0 Å². The van der Waals surface area contributed by atoms with E-state index in [1.807, 2.05) is 19.1 Å². The molecular weight excluding hydrogens is 428 g/mol. The molecule has 2 aromatic carbocycles. The van der Waals surface area contributed by atoms with Gasteiger partial charge in [0, 0.05) is 17.2 Å². The molecule has 2 aliphatic rings. The fourth-order valence-electron chi connectivity index (χ4n) is 3.17. The first kappa shape index (κ1) is 21.3. The molecule has 0 spiro atoms. The monoisotopic (exact) mass is 446 g/mol. The lowest BCUT2D eigenvalue weighted by molar-refractivity contribution is -0.115. The summed E-state index contributed by atoms with van der Waals surface area (Å²) in [5.41, 5.74) is 2.59. The van der Waals surface area contributed by atoms with Crippen molar-refractivity contribution in [1.82, 2.24) is 0 Å². The number of ketones is 2. The Labute approximate surface area is 185 Å². The number of carbonyl (C=O) groups excluding carboxylic acids is 2. The number of nitrogens with zero attached hydrogens (tertiary/aromatic N) is 2. The first-order valence-corrected chi connectivity index (χ1v) is 11.1. The summed E-state index contributed by atoms with van der Waals surface area (Å²) in [5.74, 6) is -1.07. The minimum Gasteiger partial charge on any atom is -0.352 e. The number of oxime groups is 1. The van der Waals surface area contributed by atoms with E-state index in [0.29, 0.717) is 5.56 Å². The molecule has 4 rings (SSSR count). The lowest BCUT2D eigenvalue weighted by atomic mass is 9.95. The molecule has 0 unspecified atom stereocenters. The smallest absolute Gasteiger partial charge is 0.282 e. The molecule has 0 aliphatic heterocycles. The van der Waals surface area contributed by atoms with Gasteiger partial charge < -0.3 is 4.84 Å². The van der Waals surface area contributed by atoms with Crippen LogP contribution in [0.4, 0.5) is 0 Å². The second kappa shape index (κ2) is 8.32. The number of hydrogen-bond donors (Lipinski definition) is 0. The lowest BCUT2D eigenvalue weighted by Crippen LogP contribution is -2.20. The number of rotatable bonds is 4. The van der Waals surface area contributed by atoms with Gasteiger partial charge in [-0.3, -0.25) is 9.59 Å². The fraction of sp³-hybridized carbons (Fsp3) is 0.0833. The number of allylic oxidation sites excluding steroid dienone is 4. The standard InChI is InChI=1S/C24H18N2O5S/c1-15-7-10-19(11-8-15)32(29,30)26-18-13-16(2)24(28)22(14-18)31-25-23-20-6-4-3-5-17(20)9-12-21(23)27/h3-14H,1-2H3/b25-23+,26-18?. The van der Waals surface area contributed by atoms with Gasteiger partial charge in [0.25, 0.3) is 10.0 Å². The van der Waals surface area contributed by atoms with Crippen LogP contribution in [-0.4, -0.2) is 31.4 Å². The molecule has 160 valence electrons. The van der Waals surface area contributed by atoms with E-state index in [1.54, 1.807) is 30.3 Å². The van der Waals surface area contributed by atoms with Crippen molar-refractivity contribution in [2.24, 2.45) is 9.55 Å². The molecule has 0 saturated carbocycles. The molecule has 0 saturated heterocycles.